The molecule has 20 heavy (non-hydrogen) atoms. The molecule has 5 nitrogen and oxygen atoms in total. The molecule has 0 aliphatic heterocycles. The quantitative estimate of drug-likeness (QED) is 0.869. The molecule has 0 unspecified atom stereocenters. The molecule has 0 saturated heterocycles. The van der Waals surface area contributed by atoms with Crippen LogP contribution in [0.3, 0.4) is 0 Å². The molecule has 0 saturated carbocycles. The summed E-state index contributed by atoms with van der Waals surface area (Å²) in [7, 11) is 1.60. The van der Waals surface area contributed by atoms with Crippen molar-refractivity contribution in [1.82, 2.24) is 5.32 Å². The maximum absolute atomic E-state index is 11.6. The van der Waals surface area contributed by atoms with Crippen molar-refractivity contribution in [3.8, 4) is 5.75 Å². The predicted molar refractivity (Wildman–Crippen MR) is 77.1 cm³/mol. The molecule has 0 fully saturated rings. The van der Waals surface area contributed by atoms with Crippen LogP contribution in [0.2, 0.25) is 0 Å². The summed E-state index contributed by atoms with van der Waals surface area (Å²) in [6, 6.07) is 7.39. The van der Waals surface area contributed by atoms with Crippen LogP contribution >= 0.6 is 0 Å². The molecule has 0 spiro atoms. The third-order valence-corrected chi connectivity index (χ3v) is 2.70. The van der Waals surface area contributed by atoms with Crippen LogP contribution in [-0.2, 0) is 4.74 Å². The predicted octanol–water partition coefficient (Wildman–Crippen LogP) is 2.30. The van der Waals surface area contributed by atoms with Crippen molar-refractivity contribution in [3.63, 3.8) is 0 Å². The lowest BCUT2D eigenvalue weighted by Gasteiger charge is -2.21. The van der Waals surface area contributed by atoms with Gasteiger partial charge in [0.25, 0.3) is 0 Å². The van der Waals surface area contributed by atoms with Crippen molar-refractivity contribution in [2.45, 2.75) is 32.3 Å². The summed E-state index contributed by atoms with van der Waals surface area (Å²) < 4.78 is 10.2. The number of aliphatic hydroxyl groups is 1. The van der Waals surface area contributed by atoms with E-state index in [0.717, 1.165) is 11.3 Å². The van der Waals surface area contributed by atoms with Crippen LogP contribution in [0.15, 0.2) is 24.3 Å². The lowest BCUT2D eigenvalue weighted by atomic mass is 10.00. The number of rotatable bonds is 5. The Balaban J connectivity index is 2.56. The highest BCUT2D eigenvalue weighted by Gasteiger charge is 2.18. The molecule has 0 aliphatic rings. The average molecular weight is 281 g/mol. The first kappa shape index (κ1) is 16.3. The molecule has 0 bridgehead atoms. The molecule has 1 amide bonds. The highest BCUT2D eigenvalue weighted by molar-refractivity contribution is 5.67. The highest BCUT2D eigenvalue weighted by Crippen LogP contribution is 2.18. The van der Waals surface area contributed by atoms with Crippen molar-refractivity contribution in [2.24, 2.45) is 0 Å². The summed E-state index contributed by atoms with van der Waals surface area (Å²) in [6.07, 6.45) is -0.482. The zero-order chi connectivity index (χ0) is 15.2. The first-order valence-electron chi connectivity index (χ1n) is 6.57. The fourth-order valence-corrected chi connectivity index (χ4v) is 1.68. The van der Waals surface area contributed by atoms with Gasteiger partial charge in [0, 0.05) is 12.5 Å². The van der Waals surface area contributed by atoms with Crippen LogP contribution in [0.4, 0.5) is 4.79 Å². The van der Waals surface area contributed by atoms with E-state index in [0.29, 0.717) is 6.54 Å². The van der Waals surface area contributed by atoms with Crippen molar-refractivity contribution in [1.29, 1.82) is 0 Å². The summed E-state index contributed by atoms with van der Waals surface area (Å²) >= 11 is 0. The Kier molecular flexibility index (Phi) is 5.82. The molecule has 1 aromatic rings. The van der Waals surface area contributed by atoms with Crippen LogP contribution in [0, 0.1) is 0 Å². The summed E-state index contributed by atoms with van der Waals surface area (Å²) in [4.78, 5) is 11.6. The minimum atomic E-state index is -0.529. The lowest BCUT2D eigenvalue weighted by molar-refractivity contribution is 0.0521. The SMILES string of the molecule is COc1ccc([C@@H](CO)CNC(=O)OC(C)(C)C)cc1. The monoisotopic (exact) mass is 281 g/mol. The number of ether oxygens (including phenoxy) is 2. The van der Waals surface area contributed by atoms with Gasteiger partial charge in [-0.2, -0.15) is 0 Å². The number of carbonyl (C=O) groups is 1. The molecule has 1 aromatic carbocycles. The van der Waals surface area contributed by atoms with E-state index < -0.39 is 11.7 Å². The first-order chi connectivity index (χ1) is 9.35. The molecule has 0 aliphatic carbocycles. The lowest BCUT2D eigenvalue weighted by Crippen LogP contribution is -2.35. The Morgan fingerprint density at radius 3 is 2.35 bits per heavy atom. The number of alkyl carbamates (subject to hydrolysis) is 1. The van der Waals surface area contributed by atoms with Crippen LogP contribution in [0.5, 0.6) is 5.75 Å². The summed E-state index contributed by atoms with van der Waals surface area (Å²) in [5.74, 6) is 0.582. The molecular weight excluding hydrogens is 258 g/mol. The number of methoxy groups -OCH3 is 1. The number of hydrogen-bond donors (Lipinski definition) is 2. The maximum Gasteiger partial charge on any atom is 0.407 e. The van der Waals surface area contributed by atoms with Gasteiger partial charge in [-0.05, 0) is 38.5 Å². The zero-order valence-corrected chi connectivity index (χ0v) is 12.5. The molecule has 2 N–H and O–H groups in total. The minimum absolute atomic E-state index is 0.0534. The Hall–Kier alpha value is -1.75. The Morgan fingerprint density at radius 1 is 1.30 bits per heavy atom. The van der Waals surface area contributed by atoms with E-state index >= 15 is 0 Å². The van der Waals surface area contributed by atoms with E-state index in [4.69, 9.17) is 9.47 Å². The fraction of sp³-hybridized carbons (Fsp3) is 0.533. The number of amides is 1. The number of aliphatic hydroxyl groups excluding tert-OH is 1. The van der Waals surface area contributed by atoms with Gasteiger partial charge in [-0.3, -0.25) is 0 Å². The first-order valence-corrected chi connectivity index (χ1v) is 6.57. The van der Waals surface area contributed by atoms with Gasteiger partial charge in [-0.15, -0.1) is 0 Å². The summed E-state index contributed by atoms with van der Waals surface area (Å²) in [5, 5.41) is 12.1. The molecular formula is C15H23NO4. The summed E-state index contributed by atoms with van der Waals surface area (Å²) in [5.41, 5.74) is 0.406. The number of carbonyl (C=O) groups excluding carboxylic acids is 1. The van der Waals surface area contributed by atoms with Crippen molar-refractivity contribution >= 4 is 6.09 Å². The van der Waals surface area contributed by atoms with Gasteiger partial charge in [-0.25, -0.2) is 4.79 Å². The van der Waals surface area contributed by atoms with E-state index in [1.807, 2.05) is 24.3 Å². The van der Waals surface area contributed by atoms with Gasteiger partial charge in [0.2, 0.25) is 0 Å². The summed E-state index contributed by atoms with van der Waals surface area (Å²) in [6.45, 7) is 5.68. The van der Waals surface area contributed by atoms with Crippen molar-refractivity contribution < 1.29 is 19.4 Å². The standard InChI is InChI=1S/C15H23NO4/c1-15(2,3)20-14(18)16-9-12(10-17)11-5-7-13(19-4)8-6-11/h5-8,12,17H,9-10H2,1-4H3,(H,16,18)/t12-/m1/s1. The van der Waals surface area contributed by atoms with Gasteiger partial charge in [0.05, 0.1) is 13.7 Å². The Bertz CT molecular complexity index is 422. The van der Waals surface area contributed by atoms with Gasteiger partial charge in [0.15, 0.2) is 0 Å². The van der Waals surface area contributed by atoms with Gasteiger partial charge in [-0.1, -0.05) is 12.1 Å². The molecule has 0 radical (unpaired) electrons. The number of benzene rings is 1. The second kappa shape index (κ2) is 7.14. The molecule has 0 aromatic heterocycles. The van der Waals surface area contributed by atoms with E-state index in [1.54, 1.807) is 27.9 Å². The maximum atomic E-state index is 11.6. The van der Waals surface area contributed by atoms with E-state index in [-0.39, 0.29) is 12.5 Å². The molecule has 1 atom stereocenters. The topological polar surface area (TPSA) is 67.8 Å². The molecule has 112 valence electrons. The zero-order valence-electron chi connectivity index (χ0n) is 12.5. The molecule has 5 heteroatoms. The van der Waals surface area contributed by atoms with E-state index in [1.165, 1.54) is 0 Å². The van der Waals surface area contributed by atoms with Crippen LogP contribution in [-0.4, -0.2) is 37.1 Å². The number of hydrogen-bond acceptors (Lipinski definition) is 4. The normalized spacial score (nSPS) is 12.7. The third-order valence-electron chi connectivity index (χ3n) is 2.70. The minimum Gasteiger partial charge on any atom is -0.497 e. The van der Waals surface area contributed by atoms with Crippen molar-refractivity contribution in [2.75, 3.05) is 20.3 Å². The van der Waals surface area contributed by atoms with Crippen molar-refractivity contribution in [3.05, 3.63) is 29.8 Å². The van der Waals surface area contributed by atoms with E-state index in [9.17, 15) is 9.90 Å². The van der Waals surface area contributed by atoms with Gasteiger partial charge >= 0.3 is 6.09 Å². The van der Waals surface area contributed by atoms with Crippen LogP contribution in [0.1, 0.15) is 32.3 Å². The van der Waals surface area contributed by atoms with E-state index in [2.05, 4.69) is 5.32 Å². The number of nitrogens with one attached hydrogen (secondary N) is 1. The third kappa shape index (κ3) is 5.48. The Morgan fingerprint density at radius 2 is 1.90 bits per heavy atom. The van der Waals surface area contributed by atoms with Crippen LogP contribution < -0.4 is 10.1 Å². The molecule has 1 rings (SSSR count). The molecule has 0 heterocycles. The second-order valence-corrected chi connectivity index (χ2v) is 5.54. The average Bonchev–Trinajstić information content (AvgIpc) is 2.38. The second-order valence-electron chi connectivity index (χ2n) is 5.54. The largest absolute Gasteiger partial charge is 0.497 e. The van der Waals surface area contributed by atoms with Gasteiger partial charge in [0.1, 0.15) is 11.4 Å². The fourth-order valence-electron chi connectivity index (χ4n) is 1.68. The Labute approximate surface area is 119 Å². The smallest absolute Gasteiger partial charge is 0.407 e. The highest BCUT2D eigenvalue weighted by atomic mass is 16.6. The van der Waals surface area contributed by atoms with Gasteiger partial charge < -0.3 is 19.9 Å². The van der Waals surface area contributed by atoms with Crippen LogP contribution in [0.25, 0.3) is 0 Å².